The van der Waals surface area contributed by atoms with Crippen LogP contribution in [0.15, 0.2) is 0 Å². The summed E-state index contributed by atoms with van der Waals surface area (Å²) in [6.07, 6.45) is 0.578. The molecule has 0 N–H and O–H groups in total. The number of hydrogen-bond donors (Lipinski definition) is 0. The second-order valence-corrected chi connectivity index (χ2v) is 3.06. The van der Waals surface area contributed by atoms with Crippen molar-refractivity contribution in [2.24, 2.45) is 5.92 Å². The Hall–Kier alpha value is -0.140. The van der Waals surface area contributed by atoms with E-state index in [1.807, 2.05) is 6.92 Å². The zero-order valence-corrected chi connectivity index (χ0v) is 6.32. The maximum Gasteiger partial charge on any atom is 0.134 e. The first-order chi connectivity index (χ1) is 4.75. The molecular formula is C8H14F2. The van der Waals surface area contributed by atoms with Gasteiger partial charge in [-0.2, -0.15) is 0 Å². The second-order valence-electron chi connectivity index (χ2n) is 3.06. The maximum atomic E-state index is 12.9. The molecule has 0 saturated heterocycles. The highest BCUT2D eigenvalue weighted by Gasteiger charge is 2.31. The number of alkyl halides is 2. The van der Waals surface area contributed by atoms with Crippen LogP contribution in [-0.4, -0.2) is 12.3 Å². The van der Waals surface area contributed by atoms with Crippen LogP contribution in [0.1, 0.15) is 32.6 Å². The molecule has 0 amide bonds. The van der Waals surface area contributed by atoms with Gasteiger partial charge in [0.2, 0.25) is 0 Å². The minimum Gasteiger partial charge on any atom is -0.244 e. The van der Waals surface area contributed by atoms with E-state index in [4.69, 9.17) is 0 Å². The van der Waals surface area contributed by atoms with Crippen LogP contribution in [0.3, 0.4) is 0 Å². The van der Waals surface area contributed by atoms with E-state index in [2.05, 4.69) is 0 Å². The van der Waals surface area contributed by atoms with E-state index in [0.29, 0.717) is 6.42 Å². The van der Waals surface area contributed by atoms with Crippen LogP contribution in [0.2, 0.25) is 0 Å². The first-order valence-electron chi connectivity index (χ1n) is 4.03. The largest absolute Gasteiger partial charge is 0.244 e. The van der Waals surface area contributed by atoms with Gasteiger partial charge in [-0.15, -0.1) is 0 Å². The summed E-state index contributed by atoms with van der Waals surface area (Å²) in [4.78, 5) is 0. The van der Waals surface area contributed by atoms with Gasteiger partial charge in [0.15, 0.2) is 0 Å². The summed E-state index contributed by atoms with van der Waals surface area (Å²) in [5, 5.41) is 0. The highest BCUT2D eigenvalue weighted by molar-refractivity contribution is 4.80. The Morgan fingerprint density at radius 3 is 2.50 bits per heavy atom. The highest BCUT2D eigenvalue weighted by atomic mass is 19.2. The van der Waals surface area contributed by atoms with Crippen molar-refractivity contribution in [3.8, 4) is 0 Å². The van der Waals surface area contributed by atoms with Crippen molar-refractivity contribution in [2.45, 2.75) is 45.0 Å². The third-order valence-electron chi connectivity index (χ3n) is 2.38. The molecule has 1 unspecified atom stereocenters. The van der Waals surface area contributed by atoms with Crippen molar-refractivity contribution in [3.63, 3.8) is 0 Å². The van der Waals surface area contributed by atoms with E-state index in [0.717, 1.165) is 19.3 Å². The Morgan fingerprint density at radius 1 is 1.30 bits per heavy atom. The van der Waals surface area contributed by atoms with E-state index in [1.54, 1.807) is 0 Å². The minimum absolute atomic E-state index is 0.0104. The van der Waals surface area contributed by atoms with Gasteiger partial charge in [0.25, 0.3) is 0 Å². The van der Waals surface area contributed by atoms with Crippen molar-refractivity contribution in [3.05, 3.63) is 0 Å². The molecule has 2 heteroatoms. The Labute approximate surface area is 60.6 Å². The van der Waals surface area contributed by atoms with Crippen LogP contribution in [0.25, 0.3) is 0 Å². The van der Waals surface area contributed by atoms with Gasteiger partial charge in [0.1, 0.15) is 12.3 Å². The normalized spacial score (nSPS) is 41.7. The van der Waals surface area contributed by atoms with Crippen LogP contribution < -0.4 is 0 Å². The van der Waals surface area contributed by atoms with Crippen molar-refractivity contribution < 1.29 is 8.78 Å². The van der Waals surface area contributed by atoms with E-state index in [-0.39, 0.29) is 5.92 Å². The zero-order valence-electron chi connectivity index (χ0n) is 6.32. The summed E-state index contributed by atoms with van der Waals surface area (Å²) < 4.78 is 25.5. The van der Waals surface area contributed by atoms with E-state index in [9.17, 15) is 8.78 Å². The topological polar surface area (TPSA) is 0 Å². The first-order valence-corrected chi connectivity index (χ1v) is 4.03. The monoisotopic (exact) mass is 148 g/mol. The zero-order chi connectivity index (χ0) is 7.56. The number of rotatable bonds is 1. The predicted octanol–water partition coefficient (Wildman–Crippen LogP) is 2.87. The highest BCUT2D eigenvalue weighted by Crippen LogP contribution is 2.31. The van der Waals surface area contributed by atoms with Crippen LogP contribution in [0.5, 0.6) is 0 Å². The van der Waals surface area contributed by atoms with Crippen LogP contribution >= 0.6 is 0 Å². The van der Waals surface area contributed by atoms with Gasteiger partial charge < -0.3 is 0 Å². The molecule has 1 fully saturated rings. The summed E-state index contributed by atoms with van der Waals surface area (Å²) in [5.41, 5.74) is 0. The molecule has 0 aromatic rings. The summed E-state index contributed by atoms with van der Waals surface area (Å²) in [6, 6.07) is 0. The average Bonchev–Trinajstić information content (AvgIpc) is 1.95. The van der Waals surface area contributed by atoms with Gasteiger partial charge in [-0.3, -0.25) is 0 Å². The molecule has 0 heterocycles. The Bertz CT molecular complexity index is 103. The Balaban J connectivity index is 2.42. The quantitative estimate of drug-likeness (QED) is 0.536. The molecule has 1 rings (SSSR count). The van der Waals surface area contributed by atoms with Gasteiger partial charge in [-0.25, -0.2) is 8.78 Å². The summed E-state index contributed by atoms with van der Waals surface area (Å²) in [7, 11) is 0. The van der Waals surface area contributed by atoms with Crippen molar-refractivity contribution in [1.29, 1.82) is 0 Å². The molecular weight excluding hydrogens is 134 g/mol. The molecule has 0 radical (unpaired) electrons. The standard InChI is InChI=1S/C8H14F2/c1-2-6-4-3-5-7(9)8(6)10/h6-8H,2-5H2,1H3/t6?,7-,8+/m0/s1. The summed E-state index contributed by atoms with van der Waals surface area (Å²) >= 11 is 0. The van der Waals surface area contributed by atoms with Crippen molar-refractivity contribution in [1.82, 2.24) is 0 Å². The fourth-order valence-corrected chi connectivity index (χ4v) is 1.62. The van der Waals surface area contributed by atoms with E-state index in [1.165, 1.54) is 0 Å². The summed E-state index contributed by atoms with van der Waals surface area (Å²) in [5.74, 6) is -0.0104. The van der Waals surface area contributed by atoms with E-state index < -0.39 is 12.3 Å². The minimum atomic E-state index is -1.18. The van der Waals surface area contributed by atoms with Gasteiger partial charge in [0.05, 0.1) is 0 Å². The lowest BCUT2D eigenvalue weighted by atomic mass is 9.85. The Morgan fingerprint density at radius 2 is 2.00 bits per heavy atom. The lowest BCUT2D eigenvalue weighted by Crippen LogP contribution is -2.30. The van der Waals surface area contributed by atoms with Crippen LogP contribution in [-0.2, 0) is 0 Å². The number of hydrogen-bond acceptors (Lipinski definition) is 0. The molecule has 3 atom stereocenters. The van der Waals surface area contributed by atoms with Gasteiger partial charge in [-0.1, -0.05) is 19.8 Å². The lowest BCUT2D eigenvalue weighted by molar-refractivity contribution is 0.0650. The molecule has 0 aliphatic heterocycles. The van der Waals surface area contributed by atoms with Gasteiger partial charge in [0, 0.05) is 0 Å². The molecule has 10 heavy (non-hydrogen) atoms. The lowest BCUT2D eigenvalue weighted by Gasteiger charge is -2.27. The van der Waals surface area contributed by atoms with Crippen molar-refractivity contribution >= 4 is 0 Å². The fraction of sp³-hybridized carbons (Fsp3) is 1.00. The SMILES string of the molecule is CCC1CCC[C@H](F)[C@@H]1F. The molecule has 0 bridgehead atoms. The van der Waals surface area contributed by atoms with Gasteiger partial charge in [-0.05, 0) is 18.8 Å². The summed E-state index contributed by atoms with van der Waals surface area (Å²) in [6.45, 7) is 1.93. The van der Waals surface area contributed by atoms with Crippen LogP contribution in [0, 0.1) is 5.92 Å². The smallest absolute Gasteiger partial charge is 0.134 e. The van der Waals surface area contributed by atoms with Crippen LogP contribution in [0.4, 0.5) is 8.78 Å². The molecule has 0 aromatic carbocycles. The van der Waals surface area contributed by atoms with Gasteiger partial charge >= 0.3 is 0 Å². The molecule has 1 saturated carbocycles. The molecule has 0 nitrogen and oxygen atoms in total. The molecule has 1 aliphatic carbocycles. The Kier molecular flexibility index (Phi) is 2.64. The second kappa shape index (κ2) is 3.31. The average molecular weight is 148 g/mol. The predicted molar refractivity (Wildman–Crippen MR) is 37.4 cm³/mol. The molecule has 0 spiro atoms. The third kappa shape index (κ3) is 1.47. The third-order valence-corrected chi connectivity index (χ3v) is 2.38. The fourth-order valence-electron chi connectivity index (χ4n) is 1.62. The molecule has 60 valence electrons. The maximum absolute atomic E-state index is 12.9. The molecule has 0 aromatic heterocycles. The molecule has 1 aliphatic rings. The first kappa shape index (κ1) is 7.96. The van der Waals surface area contributed by atoms with E-state index >= 15 is 0 Å². The number of halogens is 2. The van der Waals surface area contributed by atoms with Crippen molar-refractivity contribution in [2.75, 3.05) is 0 Å².